The number of likely N-dealkylation sites (tertiary alicyclic amines) is 1. The quantitative estimate of drug-likeness (QED) is 0.760. The van der Waals surface area contributed by atoms with Crippen LogP contribution in [0.5, 0.6) is 0 Å². The number of amides is 1. The van der Waals surface area contributed by atoms with E-state index in [1.165, 1.54) is 12.1 Å². The van der Waals surface area contributed by atoms with Gasteiger partial charge in [-0.1, -0.05) is 12.1 Å². The van der Waals surface area contributed by atoms with Gasteiger partial charge in [0.05, 0.1) is 6.04 Å². The van der Waals surface area contributed by atoms with Crippen molar-refractivity contribution in [2.24, 2.45) is 5.92 Å². The van der Waals surface area contributed by atoms with Crippen molar-refractivity contribution in [3.8, 4) is 0 Å². The van der Waals surface area contributed by atoms with E-state index < -0.39 is 0 Å². The highest BCUT2D eigenvalue weighted by Crippen LogP contribution is 2.26. The van der Waals surface area contributed by atoms with Crippen molar-refractivity contribution >= 4 is 17.8 Å². The summed E-state index contributed by atoms with van der Waals surface area (Å²) in [4.78, 5) is 29.5. The predicted octanol–water partition coefficient (Wildman–Crippen LogP) is 1.75. The number of carbonyl (C=O) groups is 1. The molecule has 0 spiro atoms. The summed E-state index contributed by atoms with van der Waals surface area (Å²) in [7, 11) is 3.72. The lowest BCUT2D eigenvalue weighted by molar-refractivity contribution is -0.126. The molecule has 1 unspecified atom stereocenters. The van der Waals surface area contributed by atoms with Gasteiger partial charge in [-0.25, -0.2) is 4.39 Å². The smallest absolute Gasteiger partial charge is 0.229 e. The van der Waals surface area contributed by atoms with Crippen molar-refractivity contribution in [3.63, 3.8) is 0 Å². The third kappa shape index (κ3) is 5.38. The monoisotopic (exact) mass is 401 g/mol. The Balaban J connectivity index is 1.53. The lowest BCUT2D eigenvalue weighted by atomic mass is 9.95. The Hall–Kier alpha value is -2.81. The summed E-state index contributed by atoms with van der Waals surface area (Å²) >= 11 is 0. The minimum absolute atomic E-state index is 0.0118. The summed E-state index contributed by atoms with van der Waals surface area (Å²) < 4.78 is 13.0. The Kier molecular flexibility index (Phi) is 6.58. The number of rotatable bonds is 6. The number of hydrogen-bond donors (Lipinski definition) is 2. The van der Waals surface area contributed by atoms with Crippen LogP contribution in [0.1, 0.15) is 37.2 Å². The van der Waals surface area contributed by atoms with Gasteiger partial charge in [0, 0.05) is 26.6 Å². The zero-order chi connectivity index (χ0) is 21.0. The highest BCUT2D eigenvalue weighted by Gasteiger charge is 2.29. The molecule has 3 rings (SSSR count). The van der Waals surface area contributed by atoms with E-state index in [0.717, 1.165) is 31.5 Å². The second-order valence-corrected chi connectivity index (χ2v) is 7.58. The van der Waals surface area contributed by atoms with Crippen molar-refractivity contribution in [3.05, 3.63) is 41.5 Å². The number of nitrogens with one attached hydrogen (secondary N) is 1. The molecule has 1 saturated heterocycles. The lowest BCUT2D eigenvalue weighted by Crippen LogP contribution is -2.41. The zero-order valence-electron chi connectivity index (χ0n) is 17.1. The van der Waals surface area contributed by atoms with Gasteiger partial charge in [0.1, 0.15) is 5.82 Å². The number of nitrogen functional groups attached to an aromatic ring is 1. The van der Waals surface area contributed by atoms with E-state index in [0.29, 0.717) is 18.3 Å². The first-order chi connectivity index (χ1) is 13.8. The van der Waals surface area contributed by atoms with Crippen molar-refractivity contribution < 1.29 is 9.18 Å². The second kappa shape index (κ2) is 9.13. The van der Waals surface area contributed by atoms with Crippen LogP contribution in [-0.2, 0) is 11.3 Å². The van der Waals surface area contributed by atoms with Crippen LogP contribution in [0.3, 0.4) is 0 Å². The number of benzene rings is 1. The second-order valence-electron chi connectivity index (χ2n) is 7.58. The molecule has 2 heterocycles. The van der Waals surface area contributed by atoms with Crippen molar-refractivity contribution in [2.75, 3.05) is 37.8 Å². The summed E-state index contributed by atoms with van der Waals surface area (Å²) in [5.74, 6) is 1.12. The third-order valence-corrected chi connectivity index (χ3v) is 5.26. The maximum absolute atomic E-state index is 13.0. The molecule has 0 aliphatic carbocycles. The average molecular weight is 401 g/mol. The fourth-order valence-corrected chi connectivity index (χ4v) is 3.43. The van der Waals surface area contributed by atoms with Gasteiger partial charge in [0.2, 0.25) is 17.8 Å². The van der Waals surface area contributed by atoms with Gasteiger partial charge in [-0.3, -0.25) is 9.69 Å². The fraction of sp³-hybridized carbons (Fsp3) is 0.500. The van der Waals surface area contributed by atoms with Crippen LogP contribution in [-0.4, -0.2) is 52.9 Å². The van der Waals surface area contributed by atoms with Gasteiger partial charge in [-0.2, -0.15) is 15.0 Å². The molecule has 1 amide bonds. The average Bonchev–Trinajstić information content (AvgIpc) is 2.72. The third-order valence-electron chi connectivity index (χ3n) is 5.26. The topological polar surface area (TPSA) is 100 Å². The SMILES string of the molecule is CC(c1nc(N)nc(N(C)C)n1)N1CCC(C(=O)NCc2ccc(F)cc2)CC1. The Morgan fingerprint density at radius 1 is 1.24 bits per heavy atom. The molecule has 1 aliphatic heterocycles. The molecule has 156 valence electrons. The van der Waals surface area contributed by atoms with E-state index in [-0.39, 0.29) is 29.6 Å². The van der Waals surface area contributed by atoms with Crippen LogP contribution in [0.25, 0.3) is 0 Å². The summed E-state index contributed by atoms with van der Waals surface area (Å²) in [5, 5.41) is 2.96. The van der Waals surface area contributed by atoms with Gasteiger partial charge in [-0.15, -0.1) is 0 Å². The molecular weight excluding hydrogens is 373 g/mol. The van der Waals surface area contributed by atoms with E-state index in [1.807, 2.05) is 21.0 Å². The summed E-state index contributed by atoms with van der Waals surface area (Å²) in [6, 6.07) is 6.15. The lowest BCUT2D eigenvalue weighted by Gasteiger charge is -2.34. The number of aromatic nitrogens is 3. The van der Waals surface area contributed by atoms with Crippen LogP contribution in [0.15, 0.2) is 24.3 Å². The molecular formula is C20H28FN7O. The predicted molar refractivity (Wildman–Crippen MR) is 110 cm³/mol. The fourth-order valence-electron chi connectivity index (χ4n) is 3.43. The Morgan fingerprint density at radius 2 is 1.90 bits per heavy atom. The van der Waals surface area contributed by atoms with E-state index in [2.05, 4.69) is 25.2 Å². The Labute approximate surface area is 170 Å². The zero-order valence-corrected chi connectivity index (χ0v) is 17.1. The molecule has 0 bridgehead atoms. The number of nitrogens with zero attached hydrogens (tertiary/aromatic N) is 5. The first-order valence-corrected chi connectivity index (χ1v) is 9.78. The van der Waals surface area contributed by atoms with E-state index in [9.17, 15) is 9.18 Å². The minimum Gasteiger partial charge on any atom is -0.368 e. The van der Waals surface area contributed by atoms with Crippen LogP contribution >= 0.6 is 0 Å². The van der Waals surface area contributed by atoms with Gasteiger partial charge >= 0.3 is 0 Å². The van der Waals surface area contributed by atoms with Crippen LogP contribution in [0.2, 0.25) is 0 Å². The van der Waals surface area contributed by atoms with E-state index in [4.69, 9.17) is 5.73 Å². The van der Waals surface area contributed by atoms with Gasteiger partial charge in [-0.05, 0) is 50.6 Å². The molecule has 1 fully saturated rings. The molecule has 1 aromatic heterocycles. The largest absolute Gasteiger partial charge is 0.368 e. The number of halogens is 1. The van der Waals surface area contributed by atoms with E-state index >= 15 is 0 Å². The number of anilines is 2. The Morgan fingerprint density at radius 3 is 2.52 bits per heavy atom. The highest BCUT2D eigenvalue weighted by atomic mass is 19.1. The van der Waals surface area contributed by atoms with Gasteiger partial charge < -0.3 is 16.0 Å². The van der Waals surface area contributed by atoms with Crippen molar-refractivity contribution in [2.45, 2.75) is 32.4 Å². The molecule has 1 aromatic carbocycles. The summed E-state index contributed by atoms with van der Waals surface area (Å²) in [6.45, 7) is 4.01. The van der Waals surface area contributed by atoms with E-state index in [1.54, 1.807) is 17.0 Å². The number of carbonyl (C=O) groups excluding carboxylic acids is 1. The van der Waals surface area contributed by atoms with Crippen molar-refractivity contribution in [1.29, 1.82) is 0 Å². The molecule has 8 nitrogen and oxygen atoms in total. The number of hydrogen-bond acceptors (Lipinski definition) is 7. The maximum Gasteiger partial charge on any atom is 0.229 e. The molecule has 2 aromatic rings. The van der Waals surface area contributed by atoms with Crippen LogP contribution in [0, 0.1) is 11.7 Å². The number of nitrogens with two attached hydrogens (primary N) is 1. The van der Waals surface area contributed by atoms with Gasteiger partial charge in [0.15, 0.2) is 5.82 Å². The summed E-state index contributed by atoms with van der Waals surface area (Å²) in [5.41, 5.74) is 6.72. The van der Waals surface area contributed by atoms with Crippen molar-refractivity contribution in [1.82, 2.24) is 25.2 Å². The molecule has 1 aliphatic rings. The first kappa shape index (κ1) is 20.9. The first-order valence-electron chi connectivity index (χ1n) is 9.78. The molecule has 1 atom stereocenters. The molecule has 29 heavy (non-hydrogen) atoms. The molecule has 3 N–H and O–H groups in total. The summed E-state index contributed by atoms with van der Waals surface area (Å²) in [6.07, 6.45) is 1.53. The molecule has 0 radical (unpaired) electrons. The highest BCUT2D eigenvalue weighted by molar-refractivity contribution is 5.78. The van der Waals surface area contributed by atoms with Crippen LogP contribution in [0.4, 0.5) is 16.3 Å². The molecule has 0 saturated carbocycles. The number of piperidine rings is 1. The normalized spacial score (nSPS) is 16.4. The van der Waals surface area contributed by atoms with Gasteiger partial charge in [0.25, 0.3) is 0 Å². The minimum atomic E-state index is -0.279. The molecule has 9 heteroatoms. The maximum atomic E-state index is 13.0. The standard InChI is InChI=1S/C20H28FN7O/c1-13(17-24-19(22)26-20(25-17)27(2)3)28-10-8-15(9-11-28)18(29)23-12-14-4-6-16(21)7-5-14/h4-7,13,15H,8-12H2,1-3H3,(H,23,29)(H2,22,24,25,26). The Bertz CT molecular complexity index is 835. The van der Waals surface area contributed by atoms with Crippen LogP contribution < -0.4 is 16.0 Å².